The van der Waals surface area contributed by atoms with Crippen LogP contribution in [0.25, 0.3) is 10.7 Å². The summed E-state index contributed by atoms with van der Waals surface area (Å²) in [5, 5.41) is 9.00. The van der Waals surface area contributed by atoms with Crippen molar-refractivity contribution in [1.82, 2.24) is 20.1 Å². The fourth-order valence-corrected chi connectivity index (χ4v) is 2.88. The number of halogens is 2. The number of nitrogens with zero attached hydrogens (tertiary/aromatic N) is 4. The Bertz CT molecular complexity index is 1170. The normalized spacial score (nSPS) is 10.3. The molecule has 0 atom stereocenters. The molecular weight excluding hydrogens is 399 g/mol. The largest absolute Gasteiger partial charge is 0.355 e. The maximum atomic E-state index is 14.1. The molecule has 0 aliphatic carbocycles. The zero-order chi connectivity index (χ0) is 21.1. The van der Waals surface area contributed by atoms with Gasteiger partial charge in [-0.3, -0.25) is 9.59 Å². The van der Waals surface area contributed by atoms with Crippen LogP contribution in [0.2, 0.25) is 5.15 Å². The van der Waals surface area contributed by atoms with Crippen LogP contribution in [0.3, 0.4) is 0 Å². The van der Waals surface area contributed by atoms with Crippen molar-refractivity contribution < 1.29 is 14.0 Å². The number of aromatic nitrogens is 3. The lowest BCUT2D eigenvalue weighted by Crippen LogP contribution is -2.23. The van der Waals surface area contributed by atoms with Crippen molar-refractivity contribution >= 4 is 34.8 Å². The van der Waals surface area contributed by atoms with E-state index in [1.165, 1.54) is 43.6 Å². The summed E-state index contributed by atoms with van der Waals surface area (Å²) in [4.78, 5) is 32.4. The van der Waals surface area contributed by atoms with Gasteiger partial charge in [0.05, 0.1) is 17.8 Å². The Morgan fingerprint density at radius 2 is 2.03 bits per heavy atom. The van der Waals surface area contributed by atoms with Gasteiger partial charge in [-0.2, -0.15) is 5.10 Å². The molecule has 0 fully saturated rings. The van der Waals surface area contributed by atoms with Gasteiger partial charge in [0.25, 0.3) is 11.8 Å². The molecule has 3 rings (SSSR count). The molecule has 0 aliphatic rings. The molecule has 2 N–H and O–H groups in total. The first kappa shape index (κ1) is 20.0. The number of hydrogen-bond donors (Lipinski definition) is 2. The standard InChI is InChI=1S/C19H14ClFN6O2/c1-10-7-11(22-2)8-12(18(28)23-3)16(10)25-19(29)14-9-15(20)26-27(14)17-13(21)5-4-6-24-17/h4-9H,1,3H3,(H,23,28)(H,25,29). The molecule has 2 heterocycles. The van der Waals surface area contributed by atoms with Crippen molar-refractivity contribution in [2.75, 3.05) is 12.4 Å². The second kappa shape index (κ2) is 8.08. The van der Waals surface area contributed by atoms with Crippen LogP contribution in [-0.2, 0) is 0 Å². The van der Waals surface area contributed by atoms with Crippen LogP contribution < -0.4 is 10.6 Å². The molecule has 1 aromatic carbocycles. The minimum absolute atomic E-state index is 0.0354. The summed E-state index contributed by atoms with van der Waals surface area (Å²) in [5.74, 6) is -2.05. The summed E-state index contributed by atoms with van der Waals surface area (Å²) in [5.41, 5.74) is 1.01. The quantitative estimate of drug-likeness (QED) is 0.641. The lowest BCUT2D eigenvalue weighted by atomic mass is 10.1. The highest BCUT2D eigenvalue weighted by Crippen LogP contribution is 2.28. The number of pyridine rings is 1. The molecule has 29 heavy (non-hydrogen) atoms. The summed E-state index contributed by atoms with van der Waals surface area (Å²) >= 11 is 5.93. The van der Waals surface area contributed by atoms with Gasteiger partial charge < -0.3 is 10.6 Å². The van der Waals surface area contributed by atoms with Crippen molar-refractivity contribution in [3.63, 3.8) is 0 Å². The number of hydrogen-bond acceptors (Lipinski definition) is 4. The van der Waals surface area contributed by atoms with E-state index < -0.39 is 17.6 Å². The number of carbonyl (C=O) groups excluding carboxylic acids is 2. The molecule has 2 amide bonds. The van der Waals surface area contributed by atoms with Crippen LogP contribution in [-0.4, -0.2) is 33.6 Å². The predicted molar refractivity (Wildman–Crippen MR) is 105 cm³/mol. The van der Waals surface area contributed by atoms with E-state index in [2.05, 4.69) is 25.6 Å². The Labute approximate surface area is 170 Å². The van der Waals surface area contributed by atoms with E-state index in [4.69, 9.17) is 18.2 Å². The minimum atomic E-state index is -0.690. The highest BCUT2D eigenvalue weighted by Gasteiger charge is 2.22. The molecule has 10 heteroatoms. The zero-order valence-corrected chi connectivity index (χ0v) is 16.1. The summed E-state index contributed by atoms with van der Waals surface area (Å²) in [6.07, 6.45) is 1.35. The van der Waals surface area contributed by atoms with Crippen molar-refractivity contribution in [3.8, 4) is 5.82 Å². The minimum Gasteiger partial charge on any atom is -0.355 e. The Morgan fingerprint density at radius 3 is 2.69 bits per heavy atom. The average molecular weight is 413 g/mol. The third kappa shape index (κ3) is 3.93. The number of nitrogens with one attached hydrogen (secondary N) is 2. The topological polar surface area (TPSA) is 93.3 Å². The molecule has 0 radical (unpaired) electrons. The van der Waals surface area contributed by atoms with Crippen LogP contribution in [0.5, 0.6) is 0 Å². The van der Waals surface area contributed by atoms with Crippen LogP contribution in [0.4, 0.5) is 15.8 Å². The maximum absolute atomic E-state index is 14.1. The lowest BCUT2D eigenvalue weighted by Gasteiger charge is -2.14. The molecular formula is C19H14ClFN6O2. The molecule has 146 valence electrons. The number of rotatable bonds is 4. The van der Waals surface area contributed by atoms with Gasteiger partial charge in [-0.1, -0.05) is 17.7 Å². The molecule has 8 nitrogen and oxygen atoms in total. The van der Waals surface area contributed by atoms with Gasteiger partial charge in [-0.25, -0.2) is 18.9 Å². The molecule has 0 bridgehead atoms. The number of amides is 2. The highest BCUT2D eigenvalue weighted by atomic mass is 35.5. The number of benzene rings is 1. The summed E-state index contributed by atoms with van der Waals surface area (Å²) in [6.45, 7) is 8.82. The monoisotopic (exact) mass is 412 g/mol. The maximum Gasteiger partial charge on any atom is 0.274 e. The number of anilines is 1. The van der Waals surface area contributed by atoms with Gasteiger partial charge in [0.1, 0.15) is 5.69 Å². The molecule has 0 saturated heterocycles. The van der Waals surface area contributed by atoms with Gasteiger partial charge in [0.2, 0.25) is 0 Å². The van der Waals surface area contributed by atoms with Crippen LogP contribution >= 0.6 is 11.6 Å². The van der Waals surface area contributed by atoms with Gasteiger partial charge >= 0.3 is 0 Å². The van der Waals surface area contributed by atoms with E-state index >= 15 is 0 Å². The Balaban J connectivity index is 2.06. The first-order valence-corrected chi connectivity index (χ1v) is 8.65. The Hall–Kier alpha value is -3.77. The Kier molecular flexibility index (Phi) is 5.57. The first-order valence-electron chi connectivity index (χ1n) is 8.27. The fraction of sp³-hybridized carbons (Fsp3) is 0.105. The van der Waals surface area contributed by atoms with E-state index in [-0.39, 0.29) is 33.6 Å². The van der Waals surface area contributed by atoms with Crippen LogP contribution in [0, 0.1) is 19.3 Å². The average Bonchev–Trinajstić information content (AvgIpc) is 3.10. The second-order valence-corrected chi connectivity index (χ2v) is 6.29. The first-order chi connectivity index (χ1) is 13.8. The summed E-state index contributed by atoms with van der Waals surface area (Å²) in [7, 11) is 1.44. The van der Waals surface area contributed by atoms with E-state index in [0.29, 0.717) is 5.56 Å². The molecule has 2 aromatic heterocycles. The number of carbonyl (C=O) groups is 2. The van der Waals surface area contributed by atoms with E-state index in [9.17, 15) is 14.0 Å². The van der Waals surface area contributed by atoms with Crippen molar-refractivity contribution in [3.05, 3.63) is 75.7 Å². The predicted octanol–water partition coefficient (Wildman–Crippen LogP) is 3.53. The molecule has 0 aliphatic heterocycles. The Morgan fingerprint density at radius 1 is 1.28 bits per heavy atom. The summed E-state index contributed by atoms with van der Waals surface area (Å²) < 4.78 is 15.1. The SMILES string of the molecule is [C-]#[N+]c1cc(C)c(NC(=O)c2cc(Cl)nn2-c2ncccc2F)c(C(=O)NC)c1. The molecule has 0 saturated carbocycles. The number of aryl methyl sites for hydroxylation is 1. The lowest BCUT2D eigenvalue weighted by molar-refractivity contribution is 0.0964. The molecule has 3 aromatic rings. The smallest absolute Gasteiger partial charge is 0.274 e. The van der Waals surface area contributed by atoms with Crippen molar-refractivity contribution in [2.24, 2.45) is 0 Å². The van der Waals surface area contributed by atoms with Crippen molar-refractivity contribution in [2.45, 2.75) is 6.92 Å². The third-order valence-corrected chi connectivity index (χ3v) is 4.20. The van der Waals surface area contributed by atoms with Gasteiger partial charge in [-0.15, -0.1) is 0 Å². The summed E-state index contributed by atoms with van der Waals surface area (Å²) in [6, 6.07) is 6.75. The second-order valence-electron chi connectivity index (χ2n) is 5.90. The molecule has 0 unspecified atom stereocenters. The van der Waals surface area contributed by atoms with Gasteiger partial charge in [-0.05, 0) is 30.7 Å². The van der Waals surface area contributed by atoms with E-state index in [1.807, 2.05) is 0 Å². The van der Waals surface area contributed by atoms with E-state index in [0.717, 1.165) is 4.68 Å². The van der Waals surface area contributed by atoms with Gasteiger partial charge in [0.15, 0.2) is 22.5 Å². The molecule has 0 spiro atoms. The van der Waals surface area contributed by atoms with Gasteiger partial charge in [0, 0.05) is 19.3 Å². The van der Waals surface area contributed by atoms with Crippen molar-refractivity contribution in [1.29, 1.82) is 0 Å². The third-order valence-electron chi connectivity index (χ3n) is 4.01. The zero-order valence-electron chi connectivity index (χ0n) is 15.3. The van der Waals surface area contributed by atoms with E-state index in [1.54, 1.807) is 6.92 Å². The van der Waals surface area contributed by atoms with Crippen LogP contribution in [0.15, 0.2) is 36.5 Å². The fourth-order valence-electron chi connectivity index (χ4n) is 2.70. The van der Waals surface area contributed by atoms with Crippen LogP contribution in [0.1, 0.15) is 26.4 Å². The highest BCUT2D eigenvalue weighted by molar-refractivity contribution is 6.30.